The van der Waals surface area contributed by atoms with E-state index in [0.717, 1.165) is 10.5 Å². The predicted molar refractivity (Wildman–Crippen MR) is 99.3 cm³/mol. The molecule has 1 aliphatic rings. The minimum absolute atomic E-state index is 0.257. The third-order valence-corrected chi connectivity index (χ3v) is 4.23. The number of hydrogen-bond acceptors (Lipinski definition) is 5. The molecule has 0 unspecified atom stereocenters. The molecule has 4 amide bonds. The van der Waals surface area contributed by atoms with Crippen LogP contribution in [0.4, 0.5) is 10.5 Å². The highest BCUT2D eigenvalue weighted by Gasteiger charge is 2.36. The van der Waals surface area contributed by atoms with Gasteiger partial charge in [0, 0.05) is 0 Å². The van der Waals surface area contributed by atoms with Crippen molar-refractivity contribution in [2.24, 2.45) is 0 Å². The van der Waals surface area contributed by atoms with Gasteiger partial charge in [-0.15, -0.1) is 0 Å². The van der Waals surface area contributed by atoms with Gasteiger partial charge in [0.05, 0.1) is 5.69 Å². The van der Waals surface area contributed by atoms with Crippen LogP contribution in [0.15, 0.2) is 48.0 Å². The van der Waals surface area contributed by atoms with Gasteiger partial charge in [0.1, 0.15) is 5.57 Å². The van der Waals surface area contributed by atoms with Crippen molar-refractivity contribution in [3.63, 3.8) is 0 Å². The number of nitrogens with one attached hydrogen (secondary N) is 1. The molecule has 2 aromatic carbocycles. The summed E-state index contributed by atoms with van der Waals surface area (Å²) in [6, 6.07) is 9.98. The maximum atomic E-state index is 12.8. The average Bonchev–Trinajstić information content (AvgIpc) is 2.62. The Hall–Kier alpha value is -3.61. The van der Waals surface area contributed by atoms with E-state index in [1.54, 1.807) is 12.1 Å². The number of benzene rings is 2. The van der Waals surface area contributed by atoms with Crippen molar-refractivity contribution in [3.05, 3.63) is 59.2 Å². The van der Waals surface area contributed by atoms with Crippen molar-refractivity contribution in [1.29, 1.82) is 0 Å². The summed E-state index contributed by atoms with van der Waals surface area (Å²) in [5.74, 6) is -2.01. The Morgan fingerprint density at radius 1 is 0.963 bits per heavy atom. The van der Waals surface area contributed by atoms with Gasteiger partial charge in [-0.2, -0.15) is 0 Å². The van der Waals surface area contributed by atoms with Gasteiger partial charge < -0.3 is 10.2 Å². The molecular weight excluding hydrogens is 348 g/mol. The quantitative estimate of drug-likeness (QED) is 0.440. The van der Waals surface area contributed by atoms with E-state index in [9.17, 15) is 24.6 Å². The number of carbonyl (C=O) groups is 3. The number of carbonyl (C=O) groups excluding carboxylic acids is 3. The molecule has 0 saturated carbocycles. The molecule has 2 aromatic rings. The minimum Gasteiger partial charge on any atom is -0.504 e. The molecule has 0 bridgehead atoms. The van der Waals surface area contributed by atoms with Crippen LogP contribution in [-0.2, 0) is 9.59 Å². The van der Waals surface area contributed by atoms with Crippen LogP contribution in [0.5, 0.6) is 11.5 Å². The molecule has 138 valence electrons. The molecule has 3 rings (SSSR count). The van der Waals surface area contributed by atoms with Gasteiger partial charge in [-0.1, -0.05) is 32.0 Å². The van der Waals surface area contributed by atoms with Crippen LogP contribution in [0.25, 0.3) is 6.08 Å². The Morgan fingerprint density at radius 2 is 1.63 bits per heavy atom. The first kappa shape index (κ1) is 18.2. The fraction of sp³-hybridized carbons (Fsp3) is 0.150. The van der Waals surface area contributed by atoms with E-state index in [-0.39, 0.29) is 17.1 Å². The van der Waals surface area contributed by atoms with E-state index < -0.39 is 17.8 Å². The molecular formula is C20H18N2O5. The lowest BCUT2D eigenvalue weighted by molar-refractivity contribution is -0.122. The highest BCUT2D eigenvalue weighted by molar-refractivity contribution is 6.39. The van der Waals surface area contributed by atoms with Crippen LogP contribution in [0.3, 0.4) is 0 Å². The normalized spacial score (nSPS) is 16.2. The summed E-state index contributed by atoms with van der Waals surface area (Å²) in [4.78, 5) is 38.0. The summed E-state index contributed by atoms with van der Waals surface area (Å²) in [5, 5.41) is 21.1. The van der Waals surface area contributed by atoms with Crippen molar-refractivity contribution < 1.29 is 24.6 Å². The lowest BCUT2D eigenvalue weighted by atomic mass is 10.0. The molecule has 1 heterocycles. The Kier molecular flexibility index (Phi) is 4.68. The number of aromatic hydroxyl groups is 2. The fourth-order valence-corrected chi connectivity index (χ4v) is 2.70. The average molecular weight is 366 g/mol. The van der Waals surface area contributed by atoms with Crippen molar-refractivity contribution >= 4 is 29.6 Å². The third kappa shape index (κ3) is 3.52. The topological polar surface area (TPSA) is 107 Å². The number of nitrogens with zero attached hydrogens (tertiary/aromatic N) is 1. The molecule has 0 radical (unpaired) electrons. The van der Waals surface area contributed by atoms with Crippen molar-refractivity contribution in [2.45, 2.75) is 19.8 Å². The van der Waals surface area contributed by atoms with Crippen molar-refractivity contribution in [3.8, 4) is 11.5 Å². The predicted octanol–water partition coefficient (Wildman–Crippen LogP) is 2.89. The van der Waals surface area contributed by atoms with Gasteiger partial charge in [0.2, 0.25) is 0 Å². The molecule has 0 atom stereocenters. The van der Waals surface area contributed by atoms with Crippen molar-refractivity contribution in [2.75, 3.05) is 4.90 Å². The number of urea groups is 1. The number of barbiturate groups is 1. The van der Waals surface area contributed by atoms with Crippen LogP contribution in [0, 0.1) is 0 Å². The van der Waals surface area contributed by atoms with E-state index >= 15 is 0 Å². The van der Waals surface area contributed by atoms with Gasteiger partial charge >= 0.3 is 6.03 Å². The van der Waals surface area contributed by atoms with E-state index in [0.29, 0.717) is 17.2 Å². The molecule has 0 spiro atoms. The molecule has 1 aliphatic heterocycles. The zero-order valence-electron chi connectivity index (χ0n) is 14.8. The number of hydrogen-bond donors (Lipinski definition) is 3. The molecule has 0 aromatic heterocycles. The Bertz CT molecular complexity index is 961. The first-order chi connectivity index (χ1) is 12.8. The lowest BCUT2D eigenvalue weighted by Gasteiger charge is -2.26. The highest BCUT2D eigenvalue weighted by atomic mass is 16.3. The fourth-order valence-electron chi connectivity index (χ4n) is 2.70. The number of amides is 4. The van der Waals surface area contributed by atoms with Gasteiger partial charge in [-0.05, 0) is 47.4 Å². The molecule has 7 nitrogen and oxygen atoms in total. The maximum Gasteiger partial charge on any atom is 0.335 e. The van der Waals surface area contributed by atoms with Crippen LogP contribution in [0.2, 0.25) is 0 Å². The van der Waals surface area contributed by atoms with E-state index in [1.165, 1.54) is 24.3 Å². The summed E-state index contributed by atoms with van der Waals surface area (Å²) in [6.07, 6.45) is 1.25. The second kappa shape index (κ2) is 6.95. The van der Waals surface area contributed by atoms with E-state index in [1.807, 2.05) is 26.0 Å². The van der Waals surface area contributed by atoms with Gasteiger partial charge in [-0.25, -0.2) is 9.69 Å². The Morgan fingerprint density at radius 3 is 2.22 bits per heavy atom. The standard InChI is InChI=1S/C20H18N2O5/c1-11(2)13-4-6-14(7-5-13)22-19(26)15(18(25)21-20(22)27)9-12-3-8-16(23)17(24)10-12/h3-11,23-24H,1-2H3,(H,21,25,27)/b15-9+. The summed E-state index contributed by atoms with van der Waals surface area (Å²) in [7, 11) is 0. The number of phenols is 2. The SMILES string of the molecule is CC(C)c1ccc(N2C(=O)NC(=O)/C(=C\c3ccc(O)c(O)c3)C2=O)cc1. The molecule has 0 aliphatic carbocycles. The van der Waals surface area contributed by atoms with E-state index in [2.05, 4.69) is 5.32 Å². The summed E-state index contributed by atoms with van der Waals surface area (Å²) < 4.78 is 0. The van der Waals surface area contributed by atoms with E-state index in [4.69, 9.17) is 0 Å². The molecule has 27 heavy (non-hydrogen) atoms. The molecule has 3 N–H and O–H groups in total. The molecule has 1 fully saturated rings. The Balaban J connectivity index is 1.98. The van der Waals surface area contributed by atoms with Gasteiger partial charge in [0.15, 0.2) is 11.5 Å². The summed E-state index contributed by atoms with van der Waals surface area (Å²) in [5.41, 5.74) is 1.46. The number of phenolic OH excluding ortho intramolecular Hbond substituents is 2. The van der Waals surface area contributed by atoms with Gasteiger partial charge in [0.25, 0.3) is 11.8 Å². The first-order valence-electron chi connectivity index (χ1n) is 8.31. The van der Waals surface area contributed by atoms with Gasteiger partial charge in [-0.3, -0.25) is 14.9 Å². The molecule has 1 saturated heterocycles. The minimum atomic E-state index is -0.826. The highest BCUT2D eigenvalue weighted by Crippen LogP contribution is 2.28. The first-order valence-corrected chi connectivity index (χ1v) is 8.31. The monoisotopic (exact) mass is 366 g/mol. The molecule has 7 heteroatoms. The summed E-state index contributed by atoms with van der Waals surface area (Å²) >= 11 is 0. The lowest BCUT2D eigenvalue weighted by Crippen LogP contribution is -2.54. The largest absolute Gasteiger partial charge is 0.504 e. The maximum absolute atomic E-state index is 12.8. The second-order valence-corrected chi connectivity index (χ2v) is 6.45. The third-order valence-electron chi connectivity index (χ3n) is 4.23. The smallest absolute Gasteiger partial charge is 0.335 e. The number of anilines is 1. The zero-order valence-corrected chi connectivity index (χ0v) is 14.8. The second-order valence-electron chi connectivity index (χ2n) is 6.45. The van der Waals surface area contributed by atoms with Crippen LogP contribution >= 0.6 is 0 Å². The number of rotatable bonds is 3. The zero-order chi connectivity index (χ0) is 19.7. The Labute approximate surface area is 155 Å². The van der Waals surface area contributed by atoms with Crippen molar-refractivity contribution in [1.82, 2.24) is 5.32 Å². The van der Waals surface area contributed by atoms with Crippen LogP contribution < -0.4 is 10.2 Å². The summed E-state index contributed by atoms with van der Waals surface area (Å²) in [6.45, 7) is 4.06. The number of imide groups is 2. The van der Waals surface area contributed by atoms with Crippen LogP contribution in [0.1, 0.15) is 30.9 Å². The van der Waals surface area contributed by atoms with Crippen LogP contribution in [-0.4, -0.2) is 28.1 Å².